The Morgan fingerprint density at radius 3 is 3.11 bits per heavy atom. The van der Waals surface area contributed by atoms with Crippen LogP contribution in [0.3, 0.4) is 0 Å². The molecule has 1 aliphatic carbocycles. The molecule has 4 heteroatoms. The quantitative estimate of drug-likeness (QED) is 0.836. The summed E-state index contributed by atoms with van der Waals surface area (Å²) in [6.45, 7) is 4.48. The summed E-state index contributed by atoms with van der Waals surface area (Å²) < 4.78 is 5.42. The monoisotopic (exact) mass is 266 g/mol. The highest BCUT2D eigenvalue weighted by Gasteiger charge is 2.50. The minimum atomic E-state index is -0.0908. The normalized spacial score (nSPS) is 38.2. The van der Waals surface area contributed by atoms with Crippen LogP contribution in [0.2, 0.25) is 0 Å². The summed E-state index contributed by atoms with van der Waals surface area (Å²) in [4.78, 5) is 14.9. The molecule has 0 aromatic rings. The van der Waals surface area contributed by atoms with Crippen molar-refractivity contribution in [3.8, 4) is 0 Å². The molecule has 0 spiro atoms. The van der Waals surface area contributed by atoms with Gasteiger partial charge >= 0.3 is 0 Å². The van der Waals surface area contributed by atoms with Gasteiger partial charge in [-0.1, -0.05) is 12.8 Å². The van der Waals surface area contributed by atoms with Crippen molar-refractivity contribution in [1.29, 1.82) is 0 Å². The summed E-state index contributed by atoms with van der Waals surface area (Å²) >= 11 is 0. The molecule has 3 aliphatic rings. The number of nitrogens with one attached hydrogen (secondary N) is 1. The maximum atomic E-state index is 12.9. The second-order valence-corrected chi connectivity index (χ2v) is 6.65. The molecule has 0 radical (unpaired) electrons. The third kappa shape index (κ3) is 2.40. The van der Waals surface area contributed by atoms with Gasteiger partial charge in [0.2, 0.25) is 5.91 Å². The average Bonchev–Trinajstić information content (AvgIpc) is 3.06. The van der Waals surface area contributed by atoms with Gasteiger partial charge in [0.25, 0.3) is 0 Å². The van der Waals surface area contributed by atoms with Crippen LogP contribution in [0.5, 0.6) is 0 Å². The molecule has 0 aromatic carbocycles. The molecule has 1 amide bonds. The first-order chi connectivity index (χ1) is 9.22. The number of carbonyl (C=O) groups excluding carboxylic acids is 1. The Balaban J connectivity index is 1.67. The van der Waals surface area contributed by atoms with Crippen LogP contribution in [0.4, 0.5) is 0 Å². The molecule has 2 heterocycles. The number of amides is 1. The summed E-state index contributed by atoms with van der Waals surface area (Å²) in [5.74, 6) is 1.49. The number of hydrogen-bond acceptors (Lipinski definition) is 3. The Labute approximate surface area is 115 Å². The average molecular weight is 266 g/mol. The van der Waals surface area contributed by atoms with Crippen molar-refractivity contribution in [2.45, 2.75) is 32.1 Å². The number of fused-ring (bicyclic) bond motifs is 1. The summed E-state index contributed by atoms with van der Waals surface area (Å²) in [5, 5.41) is 3.46. The second-order valence-electron chi connectivity index (χ2n) is 6.65. The molecule has 2 saturated heterocycles. The maximum absolute atomic E-state index is 12.9. The highest BCUT2D eigenvalue weighted by Crippen LogP contribution is 2.45. The van der Waals surface area contributed by atoms with E-state index in [-0.39, 0.29) is 5.41 Å². The van der Waals surface area contributed by atoms with Crippen molar-refractivity contribution in [2.24, 2.45) is 17.3 Å². The topological polar surface area (TPSA) is 41.6 Å². The molecule has 4 nitrogen and oxygen atoms in total. The zero-order valence-electron chi connectivity index (χ0n) is 12.0. The summed E-state index contributed by atoms with van der Waals surface area (Å²) in [6, 6.07) is 0. The van der Waals surface area contributed by atoms with E-state index in [0.29, 0.717) is 17.7 Å². The molecule has 0 bridgehead atoms. The lowest BCUT2D eigenvalue weighted by Gasteiger charge is -2.40. The number of nitrogens with zero attached hydrogens (tertiary/aromatic N) is 1. The van der Waals surface area contributed by atoms with Gasteiger partial charge in [-0.15, -0.1) is 0 Å². The Morgan fingerprint density at radius 2 is 2.32 bits per heavy atom. The molecular weight excluding hydrogens is 240 g/mol. The molecule has 108 valence electrons. The van der Waals surface area contributed by atoms with Crippen LogP contribution < -0.4 is 5.32 Å². The highest BCUT2D eigenvalue weighted by atomic mass is 16.5. The summed E-state index contributed by atoms with van der Waals surface area (Å²) in [5.41, 5.74) is -0.0908. The fourth-order valence-corrected chi connectivity index (χ4v) is 4.25. The lowest BCUT2D eigenvalue weighted by Crippen LogP contribution is -2.49. The van der Waals surface area contributed by atoms with E-state index in [0.717, 1.165) is 45.7 Å². The summed E-state index contributed by atoms with van der Waals surface area (Å²) in [6.07, 6.45) is 5.91. The molecule has 3 fully saturated rings. The van der Waals surface area contributed by atoms with Crippen LogP contribution in [-0.4, -0.2) is 50.7 Å². The van der Waals surface area contributed by atoms with E-state index in [1.165, 1.54) is 19.3 Å². The van der Waals surface area contributed by atoms with Gasteiger partial charge in [-0.2, -0.15) is 0 Å². The lowest BCUT2D eigenvalue weighted by atomic mass is 9.67. The molecule has 1 unspecified atom stereocenters. The predicted molar refractivity (Wildman–Crippen MR) is 73.8 cm³/mol. The van der Waals surface area contributed by atoms with E-state index in [4.69, 9.17) is 4.74 Å². The fraction of sp³-hybridized carbons (Fsp3) is 0.933. The van der Waals surface area contributed by atoms with E-state index in [1.807, 2.05) is 11.9 Å². The Hall–Kier alpha value is -0.610. The molecular formula is C15H26N2O2. The fourth-order valence-electron chi connectivity index (χ4n) is 4.25. The number of ether oxygens (including phenoxy) is 1. The van der Waals surface area contributed by atoms with Crippen LogP contribution in [0, 0.1) is 17.3 Å². The molecule has 1 saturated carbocycles. The highest BCUT2D eigenvalue weighted by molar-refractivity contribution is 5.83. The minimum absolute atomic E-state index is 0.0908. The van der Waals surface area contributed by atoms with Gasteiger partial charge in [0.15, 0.2) is 0 Å². The standard InChI is InChI=1S/C15H26N2O2/c1-17(9-12-5-7-19-10-12)14(18)15-6-3-2-4-13(15)8-16-11-15/h12-13,16H,2-11H2,1H3/t12?,13-,15+/m0/s1. The van der Waals surface area contributed by atoms with Crippen LogP contribution in [0.1, 0.15) is 32.1 Å². The summed E-state index contributed by atoms with van der Waals surface area (Å²) in [7, 11) is 1.99. The number of rotatable bonds is 3. The smallest absolute Gasteiger partial charge is 0.230 e. The van der Waals surface area contributed by atoms with Crippen LogP contribution in [-0.2, 0) is 9.53 Å². The van der Waals surface area contributed by atoms with Gasteiger partial charge < -0.3 is 15.0 Å². The van der Waals surface area contributed by atoms with Crippen molar-refractivity contribution < 1.29 is 9.53 Å². The SMILES string of the molecule is CN(CC1CCOC1)C(=O)[C@@]12CCCC[C@H]1CNC2. The zero-order chi connectivity index (χ0) is 13.3. The van der Waals surface area contributed by atoms with Gasteiger partial charge in [-0.25, -0.2) is 0 Å². The van der Waals surface area contributed by atoms with Crippen LogP contribution in [0.15, 0.2) is 0 Å². The first-order valence-corrected chi connectivity index (χ1v) is 7.76. The van der Waals surface area contributed by atoms with Crippen molar-refractivity contribution in [3.05, 3.63) is 0 Å². The number of hydrogen-bond donors (Lipinski definition) is 1. The van der Waals surface area contributed by atoms with Gasteiger partial charge in [-0.05, 0) is 31.7 Å². The Bertz CT molecular complexity index is 341. The minimum Gasteiger partial charge on any atom is -0.381 e. The van der Waals surface area contributed by atoms with E-state index in [2.05, 4.69) is 5.32 Å². The first-order valence-electron chi connectivity index (χ1n) is 7.76. The van der Waals surface area contributed by atoms with E-state index < -0.39 is 0 Å². The van der Waals surface area contributed by atoms with E-state index in [1.54, 1.807) is 0 Å². The zero-order valence-corrected chi connectivity index (χ0v) is 12.0. The van der Waals surface area contributed by atoms with E-state index >= 15 is 0 Å². The third-order valence-electron chi connectivity index (χ3n) is 5.37. The molecule has 3 atom stereocenters. The van der Waals surface area contributed by atoms with Crippen molar-refractivity contribution in [2.75, 3.05) is 39.9 Å². The van der Waals surface area contributed by atoms with Crippen LogP contribution in [0.25, 0.3) is 0 Å². The Kier molecular flexibility index (Phi) is 3.81. The number of carbonyl (C=O) groups is 1. The molecule has 1 N–H and O–H groups in total. The van der Waals surface area contributed by atoms with Crippen molar-refractivity contribution in [1.82, 2.24) is 10.2 Å². The van der Waals surface area contributed by atoms with Crippen molar-refractivity contribution >= 4 is 5.91 Å². The molecule has 3 rings (SSSR count). The molecule has 0 aromatic heterocycles. The largest absolute Gasteiger partial charge is 0.381 e. The van der Waals surface area contributed by atoms with Gasteiger partial charge in [0.1, 0.15) is 0 Å². The van der Waals surface area contributed by atoms with E-state index in [9.17, 15) is 4.79 Å². The second kappa shape index (κ2) is 5.41. The van der Waals surface area contributed by atoms with Gasteiger partial charge in [0.05, 0.1) is 12.0 Å². The molecule has 19 heavy (non-hydrogen) atoms. The van der Waals surface area contributed by atoms with Crippen molar-refractivity contribution in [3.63, 3.8) is 0 Å². The molecule has 2 aliphatic heterocycles. The van der Waals surface area contributed by atoms with Gasteiger partial charge in [0, 0.05) is 32.7 Å². The maximum Gasteiger partial charge on any atom is 0.230 e. The predicted octanol–water partition coefficient (Wildman–Crippen LogP) is 1.26. The third-order valence-corrected chi connectivity index (χ3v) is 5.37. The first kappa shape index (κ1) is 13.4. The van der Waals surface area contributed by atoms with Crippen LogP contribution >= 0.6 is 0 Å². The Morgan fingerprint density at radius 1 is 1.42 bits per heavy atom. The lowest BCUT2D eigenvalue weighted by molar-refractivity contribution is -0.144. The van der Waals surface area contributed by atoms with Gasteiger partial charge in [-0.3, -0.25) is 4.79 Å².